The first-order valence-electron chi connectivity index (χ1n) is 7.34. The van der Waals surface area contributed by atoms with E-state index in [-0.39, 0.29) is 11.9 Å². The van der Waals surface area contributed by atoms with Gasteiger partial charge in [0.15, 0.2) is 5.78 Å². The summed E-state index contributed by atoms with van der Waals surface area (Å²) in [6.45, 7) is 1.47. The van der Waals surface area contributed by atoms with Gasteiger partial charge in [-0.2, -0.15) is 0 Å². The van der Waals surface area contributed by atoms with Gasteiger partial charge in [-0.05, 0) is 43.4 Å². The van der Waals surface area contributed by atoms with E-state index < -0.39 is 0 Å². The molecule has 20 heavy (non-hydrogen) atoms. The second kappa shape index (κ2) is 6.15. The van der Waals surface area contributed by atoms with Crippen molar-refractivity contribution in [1.29, 1.82) is 0 Å². The minimum absolute atomic E-state index is 0.111. The van der Waals surface area contributed by atoms with Crippen LogP contribution in [0.15, 0.2) is 12.1 Å². The molecule has 1 fully saturated rings. The average Bonchev–Trinajstić information content (AvgIpc) is 2.93. The van der Waals surface area contributed by atoms with Gasteiger partial charge in [-0.25, -0.2) is 0 Å². The summed E-state index contributed by atoms with van der Waals surface area (Å²) >= 11 is 6.09. The van der Waals surface area contributed by atoms with Crippen molar-refractivity contribution >= 4 is 17.4 Å². The summed E-state index contributed by atoms with van der Waals surface area (Å²) in [5.41, 5.74) is 1.69. The van der Waals surface area contributed by atoms with Gasteiger partial charge in [0.25, 0.3) is 0 Å². The molecule has 4 heteroatoms. The molecule has 1 unspecified atom stereocenters. The number of carbonyl (C=O) groups excluding carboxylic acids is 1. The van der Waals surface area contributed by atoms with Crippen molar-refractivity contribution in [2.75, 3.05) is 13.2 Å². The van der Waals surface area contributed by atoms with Crippen LogP contribution in [-0.2, 0) is 11.2 Å². The van der Waals surface area contributed by atoms with E-state index in [0.717, 1.165) is 43.6 Å². The maximum absolute atomic E-state index is 12.4. The summed E-state index contributed by atoms with van der Waals surface area (Å²) < 4.78 is 11.3. The van der Waals surface area contributed by atoms with Gasteiger partial charge in [0.1, 0.15) is 5.75 Å². The van der Waals surface area contributed by atoms with Gasteiger partial charge in [-0.15, -0.1) is 0 Å². The topological polar surface area (TPSA) is 35.5 Å². The Hall–Kier alpha value is -1.06. The SMILES string of the molecule is O=C(CCC1CCCCO1)c1cc(Cl)cc2c1OCC2. The van der Waals surface area contributed by atoms with E-state index in [4.69, 9.17) is 21.1 Å². The standard InChI is InChI=1S/C16H19ClO3/c17-12-9-11-6-8-20-16(11)14(10-12)15(18)5-4-13-3-1-2-7-19-13/h9-10,13H,1-8H2. The molecule has 2 aliphatic rings. The Morgan fingerprint density at radius 2 is 2.20 bits per heavy atom. The highest BCUT2D eigenvalue weighted by Crippen LogP contribution is 2.34. The first-order chi connectivity index (χ1) is 9.74. The number of carbonyl (C=O) groups is 1. The molecule has 1 aromatic carbocycles. The predicted octanol–water partition coefficient (Wildman–Crippen LogP) is 3.81. The number of benzene rings is 1. The van der Waals surface area contributed by atoms with Gasteiger partial charge in [0.2, 0.25) is 0 Å². The number of halogens is 1. The van der Waals surface area contributed by atoms with Crippen molar-refractivity contribution in [1.82, 2.24) is 0 Å². The fourth-order valence-electron chi connectivity index (χ4n) is 2.94. The Morgan fingerprint density at radius 3 is 3.00 bits per heavy atom. The molecule has 2 aliphatic heterocycles. The summed E-state index contributed by atoms with van der Waals surface area (Å²) in [5.74, 6) is 0.851. The Balaban J connectivity index is 1.68. The Labute approximate surface area is 124 Å². The second-order valence-electron chi connectivity index (χ2n) is 5.49. The number of Topliss-reactive ketones (excluding diaryl/α,β-unsaturated/α-hetero) is 1. The molecule has 3 nitrogen and oxygen atoms in total. The molecule has 0 bridgehead atoms. The van der Waals surface area contributed by atoms with Crippen LogP contribution in [0.4, 0.5) is 0 Å². The largest absolute Gasteiger partial charge is 0.492 e. The number of rotatable bonds is 4. The van der Waals surface area contributed by atoms with Crippen molar-refractivity contribution in [2.24, 2.45) is 0 Å². The second-order valence-corrected chi connectivity index (χ2v) is 5.93. The highest BCUT2D eigenvalue weighted by atomic mass is 35.5. The molecule has 0 amide bonds. The molecular weight excluding hydrogens is 276 g/mol. The highest BCUT2D eigenvalue weighted by molar-refractivity contribution is 6.31. The molecule has 0 aromatic heterocycles. The lowest BCUT2D eigenvalue weighted by atomic mass is 9.98. The normalized spacial score (nSPS) is 21.4. The van der Waals surface area contributed by atoms with Crippen LogP contribution < -0.4 is 4.74 Å². The molecule has 0 N–H and O–H groups in total. The molecule has 108 valence electrons. The first-order valence-corrected chi connectivity index (χ1v) is 7.72. The van der Waals surface area contributed by atoms with E-state index in [1.165, 1.54) is 6.42 Å². The number of hydrogen-bond acceptors (Lipinski definition) is 3. The third kappa shape index (κ3) is 2.99. The number of ketones is 1. The maximum Gasteiger partial charge on any atom is 0.166 e. The van der Waals surface area contributed by atoms with Gasteiger partial charge < -0.3 is 9.47 Å². The summed E-state index contributed by atoms with van der Waals surface area (Å²) in [6.07, 6.45) is 5.77. The van der Waals surface area contributed by atoms with Crippen molar-refractivity contribution in [3.8, 4) is 5.75 Å². The monoisotopic (exact) mass is 294 g/mol. The third-order valence-corrected chi connectivity index (χ3v) is 4.23. The molecule has 0 radical (unpaired) electrons. The average molecular weight is 295 g/mol. The Morgan fingerprint density at radius 1 is 1.30 bits per heavy atom. The van der Waals surface area contributed by atoms with Gasteiger partial charge in [0.05, 0.1) is 18.3 Å². The highest BCUT2D eigenvalue weighted by Gasteiger charge is 2.23. The molecule has 2 heterocycles. The van der Waals surface area contributed by atoms with Crippen molar-refractivity contribution in [2.45, 2.75) is 44.6 Å². The maximum atomic E-state index is 12.4. The predicted molar refractivity (Wildman–Crippen MR) is 77.8 cm³/mol. The number of ether oxygens (including phenoxy) is 2. The van der Waals surface area contributed by atoms with E-state index in [1.54, 1.807) is 6.07 Å². The van der Waals surface area contributed by atoms with Gasteiger partial charge >= 0.3 is 0 Å². The van der Waals surface area contributed by atoms with Crippen LogP contribution in [0.3, 0.4) is 0 Å². The van der Waals surface area contributed by atoms with E-state index in [9.17, 15) is 4.79 Å². The van der Waals surface area contributed by atoms with E-state index in [2.05, 4.69) is 0 Å². The van der Waals surface area contributed by atoms with Crippen LogP contribution in [0.2, 0.25) is 5.02 Å². The van der Waals surface area contributed by atoms with Crippen LogP contribution in [0.1, 0.15) is 48.0 Å². The fourth-order valence-corrected chi connectivity index (χ4v) is 3.18. The van der Waals surface area contributed by atoms with Gasteiger partial charge in [-0.3, -0.25) is 4.79 Å². The number of hydrogen-bond donors (Lipinski definition) is 0. The zero-order valence-electron chi connectivity index (χ0n) is 11.5. The fraction of sp³-hybridized carbons (Fsp3) is 0.562. The van der Waals surface area contributed by atoms with Crippen molar-refractivity contribution in [3.63, 3.8) is 0 Å². The van der Waals surface area contributed by atoms with E-state index >= 15 is 0 Å². The summed E-state index contributed by atoms with van der Waals surface area (Å²) in [7, 11) is 0. The van der Waals surface area contributed by atoms with E-state index in [1.807, 2.05) is 6.07 Å². The van der Waals surface area contributed by atoms with E-state index in [0.29, 0.717) is 23.6 Å². The molecule has 0 aliphatic carbocycles. The first kappa shape index (κ1) is 13.9. The Bertz CT molecular complexity index is 507. The summed E-state index contributed by atoms with van der Waals surface area (Å²) in [5, 5.41) is 0.617. The molecule has 0 saturated carbocycles. The third-order valence-electron chi connectivity index (χ3n) is 4.02. The Kier molecular flexibility index (Phi) is 4.27. The smallest absolute Gasteiger partial charge is 0.166 e. The molecule has 1 atom stereocenters. The molecular formula is C16H19ClO3. The lowest BCUT2D eigenvalue weighted by Gasteiger charge is -2.22. The summed E-state index contributed by atoms with van der Waals surface area (Å²) in [4.78, 5) is 12.4. The lowest BCUT2D eigenvalue weighted by molar-refractivity contribution is 0.0104. The van der Waals surface area contributed by atoms with Gasteiger partial charge in [0, 0.05) is 24.5 Å². The van der Waals surface area contributed by atoms with Gasteiger partial charge in [-0.1, -0.05) is 11.6 Å². The number of fused-ring (bicyclic) bond motifs is 1. The minimum Gasteiger partial charge on any atom is -0.492 e. The van der Waals surface area contributed by atoms with Crippen LogP contribution in [0.25, 0.3) is 0 Å². The van der Waals surface area contributed by atoms with Crippen molar-refractivity contribution in [3.05, 3.63) is 28.3 Å². The van der Waals surface area contributed by atoms with Crippen LogP contribution >= 0.6 is 11.6 Å². The molecule has 1 saturated heterocycles. The molecule has 3 rings (SSSR count). The zero-order valence-corrected chi connectivity index (χ0v) is 12.2. The molecule has 1 aromatic rings. The zero-order chi connectivity index (χ0) is 13.9. The molecule has 0 spiro atoms. The van der Waals surface area contributed by atoms with Crippen LogP contribution in [-0.4, -0.2) is 25.1 Å². The minimum atomic E-state index is 0.111. The lowest BCUT2D eigenvalue weighted by Crippen LogP contribution is -2.20. The van der Waals surface area contributed by atoms with Crippen molar-refractivity contribution < 1.29 is 14.3 Å². The van der Waals surface area contributed by atoms with Crippen LogP contribution in [0.5, 0.6) is 5.75 Å². The van der Waals surface area contributed by atoms with Crippen LogP contribution in [0, 0.1) is 0 Å². The quantitative estimate of drug-likeness (QED) is 0.792. The summed E-state index contributed by atoms with van der Waals surface area (Å²) in [6, 6.07) is 3.63.